The molecule has 0 aliphatic carbocycles. The smallest absolute Gasteiger partial charge is 0.321 e. The van der Waals surface area contributed by atoms with Gasteiger partial charge in [-0.1, -0.05) is 19.4 Å². The number of pyridine rings is 1. The number of ether oxygens (including phenoxy) is 1. The molecule has 2 fully saturated rings. The van der Waals surface area contributed by atoms with Crippen molar-refractivity contribution in [3.05, 3.63) is 41.6 Å². The average Bonchev–Trinajstić information content (AvgIpc) is 3.38. The molecule has 2 N–H and O–H groups in total. The Labute approximate surface area is 213 Å². The summed E-state index contributed by atoms with van der Waals surface area (Å²) in [6.45, 7) is 10.1. The van der Waals surface area contributed by atoms with Crippen molar-refractivity contribution in [3.63, 3.8) is 0 Å². The molecule has 2 amide bonds. The zero-order valence-corrected chi connectivity index (χ0v) is 21.6. The number of benzene rings is 1. The first kappa shape index (κ1) is 26.1. The molecule has 0 spiro atoms. The number of rotatable bonds is 8. The van der Waals surface area contributed by atoms with Gasteiger partial charge in [-0.3, -0.25) is 4.79 Å². The predicted molar refractivity (Wildman–Crippen MR) is 142 cm³/mol. The largest absolute Gasteiger partial charge is 0.393 e. The van der Waals surface area contributed by atoms with Gasteiger partial charge in [0.2, 0.25) is 0 Å². The Hall–Kier alpha value is -2.97. The summed E-state index contributed by atoms with van der Waals surface area (Å²) in [7, 11) is 0. The van der Waals surface area contributed by atoms with Gasteiger partial charge in [0.15, 0.2) is 5.78 Å². The monoisotopic (exact) mass is 494 g/mol. The van der Waals surface area contributed by atoms with E-state index in [0.717, 1.165) is 54.1 Å². The predicted octanol–water partition coefficient (Wildman–Crippen LogP) is 4.50. The molecule has 0 bridgehead atoms. The fourth-order valence-corrected chi connectivity index (χ4v) is 4.80. The van der Waals surface area contributed by atoms with Gasteiger partial charge in [-0.25, -0.2) is 9.78 Å². The lowest BCUT2D eigenvalue weighted by atomic mass is 9.98. The third-order valence-electron chi connectivity index (χ3n) is 7.17. The zero-order valence-electron chi connectivity index (χ0n) is 21.6. The van der Waals surface area contributed by atoms with E-state index in [2.05, 4.69) is 17.1 Å². The number of ketones is 1. The van der Waals surface area contributed by atoms with Crippen LogP contribution in [-0.4, -0.2) is 72.3 Å². The van der Waals surface area contributed by atoms with Crippen LogP contribution in [0.2, 0.25) is 0 Å². The van der Waals surface area contributed by atoms with Crippen LogP contribution in [0.1, 0.15) is 55.6 Å². The lowest BCUT2D eigenvalue weighted by Crippen LogP contribution is -2.37. The van der Waals surface area contributed by atoms with Crippen LogP contribution in [0.15, 0.2) is 30.3 Å². The molecule has 4 rings (SSSR count). The van der Waals surface area contributed by atoms with Crippen LogP contribution in [0.3, 0.4) is 0 Å². The molecule has 8 nitrogen and oxygen atoms in total. The van der Waals surface area contributed by atoms with E-state index in [0.29, 0.717) is 44.3 Å². The summed E-state index contributed by atoms with van der Waals surface area (Å²) in [5.41, 5.74) is 4.00. The first-order valence-electron chi connectivity index (χ1n) is 13.1. The van der Waals surface area contributed by atoms with Crippen molar-refractivity contribution < 1.29 is 19.4 Å². The van der Waals surface area contributed by atoms with Crippen LogP contribution in [0, 0.1) is 12.8 Å². The van der Waals surface area contributed by atoms with Crippen molar-refractivity contribution in [2.24, 2.45) is 5.92 Å². The summed E-state index contributed by atoms with van der Waals surface area (Å²) in [6.07, 6.45) is 2.23. The highest BCUT2D eigenvalue weighted by Crippen LogP contribution is 2.31. The molecular weight excluding hydrogens is 456 g/mol. The number of nitrogens with one attached hydrogen (secondary N) is 1. The summed E-state index contributed by atoms with van der Waals surface area (Å²) in [6, 6.07) is 9.66. The van der Waals surface area contributed by atoms with Crippen LogP contribution in [0.5, 0.6) is 0 Å². The van der Waals surface area contributed by atoms with Crippen LogP contribution >= 0.6 is 0 Å². The van der Waals surface area contributed by atoms with Gasteiger partial charge in [0.1, 0.15) is 11.5 Å². The summed E-state index contributed by atoms with van der Waals surface area (Å²) in [5.74, 6) is 1.23. The molecule has 3 heterocycles. The highest BCUT2D eigenvalue weighted by molar-refractivity contribution is 5.96. The van der Waals surface area contributed by atoms with E-state index < -0.39 is 6.10 Å². The number of aliphatic hydroxyl groups is 1. The number of carbonyl (C=O) groups excluding carboxylic acids is 2. The molecule has 2 aromatic rings. The van der Waals surface area contributed by atoms with E-state index in [-0.39, 0.29) is 18.2 Å². The molecule has 1 aromatic carbocycles. The van der Waals surface area contributed by atoms with E-state index in [1.54, 1.807) is 6.92 Å². The summed E-state index contributed by atoms with van der Waals surface area (Å²) in [5, 5.41) is 12.7. The third kappa shape index (κ3) is 6.42. The molecule has 0 saturated carbocycles. The summed E-state index contributed by atoms with van der Waals surface area (Å²) in [4.78, 5) is 34.6. The summed E-state index contributed by atoms with van der Waals surface area (Å²) >= 11 is 0. The molecule has 0 unspecified atom stereocenters. The number of Topliss-reactive ketones (excluding diaryl/α,β-unsaturated/α-hetero) is 1. The van der Waals surface area contributed by atoms with Crippen molar-refractivity contribution >= 4 is 23.3 Å². The quantitative estimate of drug-likeness (QED) is 0.525. The van der Waals surface area contributed by atoms with Gasteiger partial charge in [0.05, 0.1) is 19.3 Å². The number of amides is 2. The normalized spacial score (nSPS) is 18.8. The Morgan fingerprint density at radius 1 is 1.19 bits per heavy atom. The van der Waals surface area contributed by atoms with Gasteiger partial charge in [0, 0.05) is 38.3 Å². The molecule has 0 radical (unpaired) electrons. The lowest BCUT2D eigenvalue weighted by molar-refractivity contribution is 0.0944. The standard InChI is InChI=1S/C28H38N4O4/c1-4-21-9-10-32(18-21)28(35)29-23-7-5-19(2)24(17-23)22-15-25(26(34)8-6-20(3)33)30-27(16-22)31-11-13-36-14-12-31/h5,7,15-17,20-21,33H,4,6,8-14,18H2,1-3H3,(H,29,35)/t20-,21+/m0/s1. The molecule has 1 aromatic heterocycles. The first-order valence-corrected chi connectivity index (χ1v) is 13.1. The van der Waals surface area contributed by atoms with Gasteiger partial charge in [-0.2, -0.15) is 0 Å². The Morgan fingerprint density at radius 2 is 1.97 bits per heavy atom. The number of urea groups is 1. The number of aromatic nitrogens is 1. The highest BCUT2D eigenvalue weighted by Gasteiger charge is 2.25. The minimum absolute atomic E-state index is 0.0709. The van der Waals surface area contributed by atoms with Crippen molar-refractivity contribution in [2.75, 3.05) is 49.6 Å². The molecule has 8 heteroatoms. The van der Waals surface area contributed by atoms with Gasteiger partial charge < -0.3 is 25.0 Å². The van der Waals surface area contributed by atoms with E-state index in [4.69, 9.17) is 9.72 Å². The van der Waals surface area contributed by atoms with Crippen LogP contribution in [0.4, 0.5) is 16.3 Å². The van der Waals surface area contributed by atoms with Crippen LogP contribution in [0.25, 0.3) is 11.1 Å². The highest BCUT2D eigenvalue weighted by atomic mass is 16.5. The number of aryl methyl sites for hydroxylation is 1. The maximum Gasteiger partial charge on any atom is 0.321 e. The third-order valence-corrected chi connectivity index (χ3v) is 7.17. The van der Waals surface area contributed by atoms with Gasteiger partial charge in [-0.15, -0.1) is 0 Å². The average molecular weight is 495 g/mol. The maximum absolute atomic E-state index is 13.0. The zero-order chi connectivity index (χ0) is 25.7. The SMILES string of the molecule is CC[C@@H]1CCN(C(=O)Nc2ccc(C)c(-c3cc(C(=O)CC[C@H](C)O)nc(N4CCOCC4)c3)c2)C1. The molecule has 2 saturated heterocycles. The second-order valence-corrected chi connectivity index (χ2v) is 9.98. The van der Waals surface area contributed by atoms with E-state index in [1.807, 2.05) is 42.2 Å². The molecule has 194 valence electrons. The number of morpholine rings is 1. The first-order chi connectivity index (χ1) is 17.3. The topological polar surface area (TPSA) is 95.0 Å². The number of hydrogen-bond donors (Lipinski definition) is 2. The number of carbonyl (C=O) groups is 2. The number of likely N-dealkylation sites (tertiary alicyclic amines) is 1. The Balaban J connectivity index is 1.63. The second kappa shape index (κ2) is 11.8. The van der Waals surface area contributed by atoms with Gasteiger partial charge >= 0.3 is 6.03 Å². The lowest BCUT2D eigenvalue weighted by Gasteiger charge is -2.28. The molecule has 2 aliphatic heterocycles. The van der Waals surface area contributed by atoms with Gasteiger partial charge in [0.25, 0.3) is 0 Å². The van der Waals surface area contributed by atoms with E-state index >= 15 is 0 Å². The number of aliphatic hydroxyl groups excluding tert-OH is 1. The number of nitrogens with zero attached hydrogens (tertiary/aromatic N) is 3. The van der Waals surface area contributed by atoms with Crippen LogP contribution in [-0.2, 0) is 4.74 Å². The van der Waals surface area contributed by atoms with Crippen LogP contribution < -0.4 is 10.2 Å². The van der Waals surface area contributed by atoms with Crippen molar-refractivity contribution in [2.45, 2.75) is 52.6 Å². The van der Waals surface area contributed by atoms with Gasteiger partial charge in [-0.05, 0) is 73.6 Å². The molecule has 36 heavy (non-hydrogen) atoms. The molecular formula is C28H38N4O4. The van der Waals surface area contributed by atoms with Crippen molar-refractivity contribution in [3.8, 4) is 11.1 Å². The second-order valence-electron chi connectivity index (χ2n) is 9.98. The summed E-state index contributed by atoms with van der Waals surface area (Å²) < 4.78 is 5.50. The fraction of sp³-hybridized carbons (Fsp3) is 0.536. The Bertz CT molecular complexity index is 1080. The Morgan fingerprint density at radius 3 is 2.67 bits per heavy atom. The molecule has 2 aliphatic rings. The maximum atomic E-state index is 13.0. The Kier molecular flexibility index (Phi) is 8.59. The molecule has 2 atom stereocenters. The van der Waals surface area contributed by atoms with Crippen molar-refractivity contribution in [1.29, 1.82) is 0 Å². The van der Waals surface area contributed by atoms with E-state index in [9.17, 15) is 14.7 Å². The van der Waals surface area contributed by atoms with E-state index in [1.165, 1.54) is 0 Å². The van der Waals surface area contributed by atoms with Crippen molar-refractivity contribution in [1.82, 2.24) is 9.88 Å². The number of hydrogen-bond acceptors (Lipinski definition) is 6. The number of anilines is 2. The minimum Gasteiger partial charge on any atom is -0.393 e. The minimum atomic E-state index is -0.540. The fourth-order valence-electron chi connectivity index (χ4n) is 4.80.